The standard InChI is InChI=1S/C26H20ClNO5/c1-31-25(29)21-22(26(30)32-2)28-20-10-6-5-8-18(20)17-7-3-4-9-19(17)24(28)33-23(21)15-11-13-16(27)14-12-15/h3-14,23-24H,1-2H3/t23-,24+/m0/s1. The van der Waals surface area contributed by atoms with Crippen molar-refractivity contribution in [2.75, 3.05) is 19.1 Å². The summed E-state index contributed by atoms with van der Waals surface area (Å²) in [5, 5.41) is 0.546. The summed E-state index contributed by atoms with van der Waals surface area (Å²) in [5.41, 5.74) is 4.34. The SMILES string of the molecule is COC(=O)C1=C(C(=O)OC)N2c3ccccc3-c3ccccc3[C@H]2O[C@H]1c1ccc(Cl)cc1. The van der Waals surface area contributed by atoms with Gasteiger partial charge >= 0.3 is 11.9 Å². The average Bonchev–Trinajstić information content (AvgIpc) is 2.87. The summed E-state index contributed by atoms with van der Waals surface area (Å²) in [7, 11) is 2.56. The number of para-hydroxylation sites is 1. The molecule has 3 aromatic carbocycles. The van der Waals surface area contributed by atoms with Crippen LogP contribution in [-0.4, -0.2) is 26.2 Å². The number of esters is 2. The molecule has 2 atom stereocenters. The Morgan fingerprint density at radius 3 is 2.18 bits per heavy atom. The normalized spacial score (nSPS) is 18.7. The molecule has 166 valence electrons. The summed E-state index contributed by atoms with van der Waals surface area (Å²) in [5.74, 6) is -1.33. The number of benzene rings is 3. The van der Waals surface area contributed by atoms with Gasteiger partial charge in [-0.15, -0.1) is 0 Å². The van der Waals surface area contributed by atoms with Crippen LogP contribution in [0.5, 0.6) is 0 Å². The second-order valence-corrected chi connectivity index (χ2v) is 8.08. The Hall–Kier alpha value is -3.61. The maximum absolute atomic E-state index is 13.2. The van der Waals surface area contributed by atoms with Crippen LogP contribution in [0.4, 0.5) is 5.69 Å². The monoisotopic (exact) mass is 461 g/mol. The smallest absolute Gasteiger partial charge is 0.355 e. The number of carbonyl (C=O) groups is 2. The zero-order chi connectivity index (χ0) is 23.1. The minimum Gasteiger partial charge on any atom is -0.466 e. The molecule has 0 spiro atoms. The van der Waals surface area contributed by atoms with Crippen molar-refractivity contribution in [3.8, 4) is 11.1 Å². The molecule has 0 saturated carbocycles. The van der Waals surface area contributed by atoms with E-state index in [-0.39, 0.29) is 11.3 Å². The Kier molecular flexibility index (Phi) is 5.40. The second-order valence-electron chi connectivity index (χ2n) is 7.64. The third-order valence-corrected chi connectivity index (χ3v) is 6.15. The molecule has 2 heterocycles. The van der Waals surface area contributed by atoms with Crippen molar-refractivity contribution < 1.29 is 23.8 Å². The summed E-state index contributed by atoms with van der Waals surface area (Å²) in [6, 6.07) is 22.5. The first-order chi connectivity index (χ1) is 16.0. The molecule has 2 aliphatic rings. The van der Waals surface area contributed by atoms with E-state index in [0.29, 0.717) is 10.6 Å². The number of hydrogen-bond acceptors (Lipinski definition) is 6. The molecular weight excluding hydrogens is 442 g/mol. The Morgan fingerprint density at radius 2 is 1.48 bits per heavy atom. The van der Waals surface area contributed by atoms with E-state index in [1.54, 1.807) is 29.2 Å². The fraction of sp³-hybridized carbons (Fsp3) is 0.154. The maximum Gasteiger partial charge on any atom is 0.355 e. The number of rotatable bonds is 3. The van der Waals surface area contributed by atoms with Gasteiger partial charge in [0.1, 0.15) is 17.4 Å². The molecule has 2 aliphatic heterocycles. The largest absolute Gasteiger partial charge is 0.466 e. The van der Waals surface area contributed by atoms with E-state index >= 15 is 0 Å². The predicted octanol–water partition coefficient (Wildman–Crippen LogP) is 5.20. The Balaban J connectivity index is 1.83. The Bertz CT molecular complexity index is 1280. The molecular formula is C26H20ClNO5. The van der Waals surface area contributed by atoms with Crippen molar-refractivity contribution in [2.24, 2.45) is 0 Å². The number of fused-ring (bicyclic) bond motifs is 6. The molecule has 0 unspecified atom stereocenters. The van der Waals surface area contributed by atoms with Gasteiger partial charge in [0.25, 0.3) is 0 Å². The van der Waals surface area contributed by atoms with Crippen LogP contribution in [0.2, 0.25) is 5.02 Å². The first kappa shape index (κ1) is 21.2. The molecule has 0 saturated heterocycles. The number of nitrogens with zero attached hydrogens (tertiary/aromatic N) is 1. The third-order valence-electron chi connectivity index (χ3n) is 5.90. The van der Waals surface area contributed by atoms with Crippen molar-refractivity contribution in [3.05, 3.63) is 100 Å². The number of methoxy groups -OCH3 is 2. The highest BCUT2D eigenvalue weighted by atomic mass is 35.5. The number of anilines is 1. The van der Waals surface area contributed by atoms with Gasteiger partial charge in [0.2, 0.25) is 0 Å². The van der Waals surface area contributed by atoms with Gasteiger partial charge in [-0.1, -0.05) is 66.2 Å². The highest BCUT2D eigenvalue weighted by Gasteiger charge is 2.47. The minimum atomic E-state index is -0.872. The van der Waals surface area contributed by atoms with Crippen LogP contribution in [-0.2, 0) is 23.8 Å². The lowest BCUT2D eigenvalue weighted by Crippen LogP contribution is -2.44. The van der Waals surface area contributed by atoms with Gasteiger partial charge in [-0.2, -0.15) is 0 Å². The Labute approximate surface area is 195 Å². The van der Waals surface area contributed by atoms with Crippen molar-refractivity contribution in [1.82, 2.24) is 0 Å². The molecule has 6 nitrogen and oxygen atoms in total. The molecule has 0 amide bonds. The van der Waals surface area contributed by atoms with Crippen molar-refractivity contribution in [2.45, 2.75) is 12.3 Å². The van der Waals surface area contributed by atoms with E-state index in [1.165, 1.54) is 14.2 Å². The zero-order valence-electron chi connectivity index (χ0n) is 17.9. The van der Waals surface area contributed by atoms with Crippen LogP contribution in [0, 0.1) is 0 Å². The Morgan fingerprint density at radius 1 is 0.848 bits per heavy atom. The highest BCUT2D eigenvalue weighted by Crippen LogP contribution is 2.52. The maximum atomic E-state index is 13.2. The van der Waals surface area contributed by atoms with E-state index < -0.39 is 24.3 Å². The lowest BCUT2D eigenvalue weighted by atomic mass is 9.88. The van der Waals surface area contributed by atoms with E-state index in [2.05, 4.69) is 0 Å². The number of ether oxygens (including phenoxy) is 3. The van der Waals surface area contributed by atoms with E-state index in [0.717, 1.165) is 22.4 Å². The second kappa shape index (κ2) is 8.39. The molecule has 0 radical (unpaired) electrons. The van der Waals surface area contributed by atoms with Crippen molar-refractivity contribution in [3.63, 3.8) is 0 Å². The van der Waals surface area contributed by atoms with Gasteiger partial charge in [-0.3, -0.25) is 0 Å². The molecule has 5 rings (SSSR count). The summed E-state index contributed by atoms with van der Waals surface area (Å²) in [4.78, 5) is 28.0. The van der Waals surface area contributed by atoms with Crippen LogP contribution in [0.25, 0.3) is 11.1 Å². The minimum absolute atomic E-state index is 0.0668. The first-order valence-corrected chi connectivity index (χ1v) is 10.7. The van der Waals surface area contributed by atoms with Crippen LogP contribution >= 0.6 is 11.6 Å². The topological polar surface area (TPSA) is 65.1 Å². The van der Waals surface area contributed by atoms with Gasteiger partial charge in [0.15, 0.2) is 6.23 Å². The third kappa shape index (κ3) is 3.39. The van der Waals surface area contributed by atoms with Gasteiger partial charge in [-0.25, -0.2) is 9.59 Å². The first-order valence-electron chi connectivity index (χ1n) is 10.3. The summed E-state index contributed by atoms with van der Waals surface area (Å²) in [6.45, 7) is 0. The van der Waals surface area contributed by atoms with Crippen LogP contribution < -0.4 is 4.90 Å². The summed E-state index contributed by atoms with van der Waals surface area (Å²) in [6.07, 6.45) is -1.54. The molecule has 33 heavy (non-hydrogen) atoms. The van der Waals surface area contributed by atoms with E-state index in [1.807, 2.05) is 48.5 Å². The van der Waals surface area contributed by atoms with Crippen molar-refractivity contribution >= 4 is 29.2 Å². The predicted molar refractivity (Wildman–Crippen MR) is 123 cm³/mol. The summed E-state index contributed by atoms with van der Waals surface area (Å²) < 4.78 is 16.8. The zero-order valence-corrected chi connectivity index (χ0v) is 18.7. The molecule has 0 aliphatic carbocycles. The molecule has 0 N–H and O–H groups in total. The molecule has 0 aromatic heterocycles. The quantitative estimate of drug-likeness (QED) is 0.500. The molecule has 3 aromatic rings. The lowest BCUT2D eigenvalue weighted by Gasteiger charge is -2.45. The van der Waals surface area contributed by atoms with Crippen LogP contribution in [0.15, 0.2) is 84.1 Å². The fourth-order valence-corrected chi connectivity index (χ4v) is 4.58. The van der Waals surface area contributed by atoms with Crippen LogP contribution in [0.1, 0.15) is 23.5 Å². The van der Waals surface area contributed by atoms with E-state index in [4.69, 9.17) is 25.8 Å². The molecule has 7 heteroatoms. The number of halogens is 1. The van der Waals surface area contributed by atoms with Crippen molar-refractivity contribution in [1.29, 1.82) is 0 Å². The van der Waals surface area contributed by atoms with Crippen LogP contribution in [0.3, 0.4) is 0 Å². The molecule has 0 fully saturated rings. The number of hydrogen-bond donors (Lipinski definition) is 0. The lowest BCUT2D eigenvalue weighted by molar-refractivity contribution is -0.143. The number of carbonyl (C=O) groups excluding carboxylic acids is 2. The van der Waals surface area contributed by atoms with Gasteiger partial charge in [0, 0.05) is 16.1 Å². The fourth-order valence-electron chi connectivity index (χ4n) is 4.46. The average molecular weight is 462 g/mol. The van der Waals surface area contributed by atoms with Gasteiger partial charge in [-0.05, 0) is 29.3 Å². The highest BCUT2D eigenvalue weighted by molar-refractivity contribution is 6.30. The van der Waals surface area contributed by atoms with E-state index in [9.17, 15) is 9.59 Å². The summed E-state index contributed by atoms with van der Waals surface area (Å²) >= 11 is 6.09. The van der Waals surface area contributed by atoms with Gasteiger partial charge in [0.05, 0.1) is 19.9 Å². The molecule has 0 bridgehead atoms. The van der Waals surface area contributed by atoms with Gasteiger partial charge < -0.3 is 19.1 Å².